The third kappa shape index (κ3) is 42.6. The average Bonchev–Trinajstić information content (AvgIpc) is 0.798. The van der Waals surface area contributed by atoms with Gasteiger partial charge < -0.3 is 71.5 Å². The van der Waals surface area contributed by atoms with Gasteiger partial charge in [-0.3, -0.25) is 116 Å². The largest absolute Gasteiger partial charge is 0.480 e. The second-order valence-corrected chi connectivity index (χ2v) is 28.0. The minimum atomic E-state index is -1.28. The van der Waals surface area contributed by atoms with Gasteiger partial charge in [-0.15, -0.1) is 0 Å². The van der Waals surface area contributed by atoms with Crippen molar-refractivity contribution in [1.29, 1.82) is 0 Å². The van der Waals surface area contributed by atoms with Crippen LogP contribution in [0.1, 0.15) is 49.3 Å². The fraction of sp³-hybridized carbons (Fsp3) is 0.521. The SMILES string of the molecule is CC(CN(CC(=O)O)CC(Cc1ccc(N=C=S)cc1)N(CC(=O)O)CC(=O)O)N(CC(=O)O)CC(=O)O.O=C(O)CN(CC(=O)O)[C@H](Cc1ccc(N=C=S)cc1)CN(CC(=O)O)[C@H]1CCCC[C@@H]1N(CC(=O)O)CC(=O)O.O=C(O)CN1CCN(CC(=O)O)CCN(CC(=O)O)C(Cc2ccc(N=C=S)cc2)CN(CC(=O)O)CC1. The molecule has 0 radical (unpaired) electrons. The van der Waals surface area contributed by atoms with E-state index in [-0.39, 0.29) is 104 Å². The van der Waals surface area contributed by atoms with Crippen LogP contribution in [0.15, 0.2) is 87.8 Å². The first-order valence-corrected chi connectivity index (χ1v) is 37.4. The minimum absolute atomic E-state index is 0.0676. The molecule has 1 saturated carbocycles. The van der Waals surface area contributed by atoms with Gasteiger partial charge in [0.15, 0.2) is 0 Å². The molecule has 640 valence electrons. The second kappa shape index (κ2) is 53.5. The van der Waals surface area contributed by atoms with E-state index in [1.807, 2.05) is 12.1 Å². The second-order valence-electron chi connectivity index (χ2n) is 27.5. The van der Waals surface area contributed by atoms with E-state index < -0.39 is 185 Å². The minimum Gasteiger partial charge on any atom is -0.480 e. The van der Waals surface area contributed by atoms with Crippen molar-refractivity contribution in [2.45, 2.75) is 88.1 Å². The molecule has 1 aliphatic heterocycles. The number of nitrogens with zero attached hydrogens (tertiary/aromatic N) is 13. The summed E-state index contributed by atoms with van der Waals surface area (Å²) in [5.74, 6) is -16.7. The van der Waals surface area contributed by atoms with Crippen molar-refractivity contribution in [2.75, 3.05) is 157 Å². The van der Waals surface area contributed by atoms with E-state index in [0.717, 1.165) is 10.5 Å². The lowest BCUT2D eigenvalue weighted by Crippen LogP contribution is -2.59. The molecule has 0 amide bonds. The Hall–Kier alpha value is -10.8. The lowest BCUT2D eigenvalue weighted by Gasteiger charge is -2.45. The zero-order valence-electron chi connectivity index (χ0n) is 63.8. The molecule has 0 bridgehead atoms. The van der Waals surface area contributed by atoms with E-state index in [1.54, 1.807) is 85.2 Å². The number of aliphatic carboxylic acids is 14. The van der Waals surface area contributed by atoms with Crippen molar-refractivity contribution in [3.8, 4) is 0 Å². The lowest BCUT2D eigenvalue weighted by atomic mass is 9.87. The van der Waals surface area contributed by atoms with Gasteiger partial charge >= 0.3 is 83.6 Å². The van der Waals surface area contributed by atoms with E-state index in [0.29, 0.717) is 60.3 Å². The molecular weight excluding hydrogens is 1600 g/mol. The Labute approximate surface area is 686 Å². The van der Waals surface area contributed by atoms with E-state index in [4.69, 9.17) is 10.2 Å². The van der Waals surface area contributed by atoms with Crippen LogP contribution in [-0.4, -0.2) is 413 Å². The Morgan fingerprint density at radius 2 is 0.675 bits per heavy atom. The molecule has 44 heteroatoms. The Morgan fingerprint density at radius 1 is 0.368 bits per heavy atom. The summed E-state index contributed by atoms with van der Waals surface area (Å²) in [6, 6.07) is 16.6. The Morgan fingerprint density at radius 3 is 1.03 bits per heavy atom. The maximum atomic E-state index is 12.0. The monoisotopic (exact) mass is 1700 g/mol. The predicted molar refractivity (Wildman–Crippen MR) is 423 cm³/mol. The van der Waals surface area contributed by atoms with Gasteiger partial charge in [0, 0.05) is 102 Å². The third-order valence-corrected chi connectivity index (χ3v) is 18.7. The first-order chi connectivity index (χ1) is 55.2. The van der Waals surface area contributed by atoms with Crippen LogP contribution in [0.5, 0.6) is 0 Å². The van der Waals surface area contributed by atoms with Crippen LogP contribution in [-0.2, 0) is 86.4 Å². The Balaban J connectivity index is 0.000000454. The first-order valence-electron chi connectivity index (χ1n) is 36.1. The number of carboxylic acid groups (broad SMARTS) is 14. The first kappa shape index (κ1) is 100. The average molecular weight is 1700 g/mol. The third-order valence-electron chi connectivity index (χ3n) is 18.4. The number of benzene rings is 3. The zero-order valence-corrected chi connectivity index (χ0v) is 66.3. The molecule has 3 unspecified atom stereocenters. The summed E-state index contributed by atoms with van der Waals surface area (Å²) >= 11 is 13.8. The maximum Gasteiger partial charge on any atom is 0.317 e. The summed E-state index contributed by atoms with van der Waals surface area (Å²) in [6.07, 6.45) is 2.94. The molecule has 41 nitrogen and oxygen atoms in total. The summed E-state index contributed by atoms with van der Waals surface area (Å²) in [5.41, 5.74) is 3.91. The lowest BCUT2D eigenvalue weighted by molar-refractivity contribution is -0.147. The van der Waals surface area contributed by atoms with Crippen LogP contribution >= 0.6 is 36.7 Å². The number of hydrogen-bond donors (Lipinski definition) is 14. The van der Waals surface area contributed by atoms with Gasteiger partial charge in [-0.1, -0.05) is 49.2 Å². The van der Waals surface area contributed by atoms with Gasteiger partial charge in [-0.2, -0.15) is 15.0 Å². The summed E-state index contributed by atoms with van der Waals surface area (Å²) < 4.78 is 0. The topological polar surface area (TPSA) is 592 Å². The van der Waals surface area contributed by atoms with E-state index in [2.05, 4.69) is 67.1 Å². The highest BCUT2D eigenvalue weighted by atomic mass is 32.1. The van der Waals surface area contributed by atoms with Crippen LogP contribution in [0.4, 0.5) is 17.1 Å². The van der Waals surface area contributed by atoms with E-state index >= 15 is 0 Å². The van der Waals surface area contributed by atoms with Gasteiger partial charge in [0.1, 0.15) is 0 Å². The molecule has 117 heavy (non-hydrogen) atoms. The quantitative estimate of drug-likeness (QED) is 0.0276. The molecule has 6 atom stereocenters. The molecule has 0 spiro atoms. The van der Waals surface area contributed by atoms with Crippen molar-refractivity contribution in [2.24, 2.45) is 15.0 Å². The predicted octanol–water partition coefficient (Wildman–Crippen LogP) is 0.914. The van der Waals surface area contributed by atoms with Crippen molar-refractivity contribution in [3.05, 3.63) is 89.5 Å². The van der Waals surface area contributed by atoms with Crippen LogP contribution < -0.4 is 0 Å². The molecule has 3 aromatic rings. The smallest absolute Gasteiger partial charge is 0.317 e. The van der Waals surface area contributed by atoms with Gasteiger partial charge in [0.05, 0.1) is 124 Å². The maximum absolute atomic E-state index is 12.0. The van der Waals surface area contributed by atoms with Crippen LogP contribution in [0.3, 0.4) is 0 Å². The van der Waals surface area contributed by atoms with Gasteiger partial charge in [0.25, 0.3) is 0 Å². The number of carbonyl (C=O) groups is 14. The fourth-order valence-electron chi connectivity index (χ4n) is 13.6. The standard InChI is InChI=1S/C26H34N4O10S.C24H33N5O8S.C23H30N4O10S/c31-22(32)11-28(12-23(33)34)19(9-17-5-7-18(8-6-17)27-16-41)10-29(13-24(35)36)20-3-1-2-4-21(20)30(14-25(37)38)15-26(39)40;30-21(31)13-26-5-6-27(14-22(32)33)9-10-29(16-24(36)37)20(12-28(8-7-26)15-23(34)35)11-18-1-3-19(4-2-18)25-17-38;1-15(26(10-20(30)31)11-21(32)33)7-25(9-19(28)29)8-18(27(12-22(34)35)13-23(36)37)6-16-2-4-17(5-3-16)24-14-38/h5-8,19-21H,1-4,9-15H2,(H,31,32)(H,33,34)(H,35,36)(H,37,38)(H,39,40);1-4,20H,5-16H2,(H,30,31)(H,32,33)(H,34,35)(H,36,37);2-5,15,18H,6-13H2,1H3,(H,28,29)(H,30,31)(H,32,33)(H,34,35)(H,36,37)/t19-,20+,21+;;/m1../s1. The van der Waals surface area contributed by atoms with Gasteiger partial charge in [-0.05, 0) is 129 Å². The molecule has 2 aliphatic rings. The van der Waals surface area contributed by atoms with Gasteiger partial charge in [0.2, 0.25) is 0 Å². The number of carboxylic acids is 14. The van der Waals surface area contributed by atoms with Crippen molar-refractivity contribution < 1.29 is 139 Å². The number of hydrogen-bond acceptors (Lipinski definition) is 30. The number of rotatable bonds is 48. The molecule has 1 heterocycles. The number of aliphatic imine (C=N–C) groups is 3. The van der Waals surface area contributed by atoms with Crippen LogP contribution in [0, 0.1) is 0 Å². The molecule has 1 saturated heterocycles. The van der Waals surface area contributed by atoms with Crippen molar-refractivity contribution >= 4 is 153 Å². The highest BCUT2D eigenvalue weighted by Gasteiger charge is 2.39. The molecule has 2 fully saturated rings. The fourth-order valence-corrected chi connectivity index (χ4v) is 13.9. The highest BCUT2D eigenvalue weighted by molar-refractivity contribution is 7.78. The number of thiocarbonyl (C=S) groups is 3. The highest BCUT2D eigenvalue weighted by Crippen LogP contribution is 2.30. The summed E-state index contributed by atoms with van der Waals surface area (Å²) in [7, 11) is 0. The molecule has 3 aromatic carbocycles. The molecule has 0 aromatic heterocycles. The number of isothiocyanates is 3. The molecule has 5 rings (SSSR count). The summed E-state index contributed by atoms with van der Waals surface area (Å²) in [6.45, 7) is -4.08. The zero-order chi connectivity index (χ0) is 87.4. The Bertz CT molecular complexity index is 3940. The van der Waals surface area contributed by atoms with E-state index in [9.17, 15) is 128 Å². The van der Waals surface area contributed by atoms with E-state index in [1.165, 1.54) is 26.5 Å². The van der Waals surface area contributed by atoms with Crippen molar-refractivity contribution in [3.63, 3.8) is 0 Å². The molecular formula is C73H97N13O28S3. The molecule has 1 aliphatic carbocycles. The van der Waals surface area contributed by atoms with Crippen LogP contribution in [0.2, 0.25) is 0 Å². The normalized spacial score (nSPS) is 16.5. The summed E-state index contributed by atoms with van der Waals surface area (Å²) in [5, 5.41) is 139. The van der Waals surface area contributed by atoms with Crippen molar-refractivity contribution in [1.82, 2.24) is 49.0 Å². The van der Waals surface area contributed by atoms with Crippen LogP contribution in [0.25, 0.3) is 0 Å². The molecule has 14 N–H and O–H groups in total. The Kier molecular flexibility index (Phi) is 45.9. The summed E-state index contributed by atoms with van der Waals surface area (Å²) in [4.78, 5) is 188. The van der Waals surface area contributed by atoms with Gasteiger partial charge in [-0.25, -0.2) is 0 Å².